The predicted octanol–water partition coefficient (Wildman–Crippen LogP) is 3.27. The third-order valence-electron chi connectivity index (χ3n) is 4.71. The average molecular weight is 414 g/mol. The van der Waals surface area contributed by atoms with Crippen LogP contribution in [0, 0.1) is 6.92 Å². The number of anilines is 1. The molecule has 1 aromatic carbocycles. The largest absolute Gasteiger partial charge is 0.497 e. The third kappa shape index (κ3) is 4.41. The zero-order chi connectivity index (χ0) is 20.4. The summed E-state index contributed by atoms with van der Waals surface area (Å²) in [6, 6.07) is 7.52. The normalized spacial score (nSPS) is 13.8. The highest BCUT2D eigenvalue weighted by atomic mass is 32.1. The lowest BCUT2D eigenvalue weighted by Crippen LogP contribution is -2.29. The van der Waals surface area contributed by atoms with E-state index in [1.54, 1.807) is 27.2 Å². The zero-order valence-corrected chi connectivity index (χ0v) is 17.3. The number of rotatable bonds is 6. The Morgan fingerprint density at radius 1 is 1.24 bits per heavy atom. The Morgan fingerprint density at radius 2 is 2.00 bits per heavy atom. The van der Waals surface area contributed by atoms with Crippen molar-refractivity contribution < 1.29 is 18.8 Å². The van der Waals surface area contributed by atoms with Crippen molar-refractivity contribution >= 4 is 22.4 Å². The number of benzene rings is 1. The van der Waals surface area contributed by atoms with Crippen molar-refractivity contribution in [1.29, 1.82) is 0 Å². The molecule has 152 valence electrons. The number of ether oxygens (including phenoxy) is 2. The van der Waals surface area contributed by atoms with Crippen molar-refractivity contribution in [2.24, 2.45) is 0 Å². The van der Waals surface area contributed by atoms with Gasteiger partial charge in [-0.2, -0.15) is 0 Å². The second-order valence-electron chi connectivity index (χ2n) is 6.85. The Morgan fingerprint density at radius 3 is 2.66 bits per heavy atom. The van der Waals surface area contributed by atoms with E-state index in [9.17, 15) is 4.79 Å². The number of methoxy groups -OCH3 is 2. The van der Waals surface area contributed by atoms with Crippen LogP contribution < -0.4 is 14.8 Å². The van der Waals surface area contributed by atoms with Gasteiger partial charge in [0.15, 0.2) is 10.8 Å². The van der Waals surface area contributed by atoms with Gasteiger partial charge >= 0.3 is 0 Å². The molecule has 0 saturated heterocycles. The zero-order valence-electron chi connectivity index (χ0n) is 16.5. The molecule has 0 saturated carbocycles. The van der Waals surface area contributed by atoms with Gasteiger partial charge in [-0.15, -0.1) is 11.3 Å². The number of carbonyl (C=O) groups is 1. The van der Waals surface area contributed by atoms with E-state index in [1.165, 1.54) is 11.3 Å². The number of nitrogens with one attached hydrogen (secondary N) is 1. The van der Waals surface area contributed by atoms with Crippen LogP contribution in [0.15, 0.2) is 28.8 Å². The van der Waals surface area contributed by atoms with Gasteiger partial charge in [-0.3, -0.25) is 15.0 Å². The first-order valence-corrected chi connectivity index (χ1v) is 10.0. The van der Waals surface area contributed by atoms with E-state index < -0.39 is 0 Å². The van der Waals surface area contributed by atoms with Crippen LogP contribution in [0.25, 0.3) is 0 Å². The van der Waals surface area contributed by atoms with E-state index in [-0.39, 0.29) is 11.6 Å². The van der Waals surface area contributed by atoms with E-state index >= 15 is 0 Å². The lowest BCUT2D eigenvalue weighted by atomic mass is 10.1. The van der Waals surface area contributed by atoms with Gasteiger partial charge in [-0.05, 0) is 24.6 Å². The van der Waals surface area contributed by atoms with Gasteiger partial charge in [0, 0.05) is 43.1 Å². The molecule has 4 rings (SSSR count). The summed E-state index contributed by atoms with van der Waals surface area (Å²) in [5.41, 5.74) is 2.43. The number of nitrogens with zero attached hydrogens (tertiary/aromatic N) is 3. The highest BCUT2D eigenvalue weighted by Crippen LogP contribution is 2.30. The monoisotopic (exact) mass is 414 g/mol. The first kappa shape index (κ1) is 19.4. The maximum atomic E-state index is 12.3. The Balaban J connectivity index is 1.43. The van der Waals surface area contributed by atoms with Crippen molar-refractivity contribution in [1.82, 2.24) is 15.0 Å². The first-order valence-electron chi connectivity index (χ1n) is 9.21. The molecular weight excluding hydrogens is 392 g/mol. The van der Waals surface area contributed by atoms with Crippen LogP contribution >= 0.6 is 11.3 Å². The number of fused-ring (bicyclic) bond motifs is 1. The fourth-order valence-corrected chi connectivity index (χ4v) is 4.33. The Kier molecular flexibility index (Phi) is 5.50. The maximum absolute atomic E-state index is 12.3. The maximum Gasteiger partial charge on any atom is 0.279 e. The molecule has 0 spiro atoms. The van der Waals surface area contributed by atoms with E-state index in [0.29, 0.717) is 10.9 Å². The van der Waals surface area contributed by atoms with Crippen molar-refractivity contribution in [3.63, 3.8) is 0 Å². The minimum atomic E-state index is -0.312. The molecule has 8 nitrogen and oxygen atoms in total. The molecule has 3 heterocycles. The second-order valence-corrected chi connectivity index (χ2v) is 7.93. The number of amides is 1. The van der Waals surface area contributed by atoms with Gasteiger partial charge in [-0.25, -0.2) is 4.98 Å². The van der Waals surface area contributed by atoms with Crippen LogP contribution in [0.4, 0.5) is 5.13 Å². The van der Waals surface area contributed by atoms with Gasteiger partial charge in [0.25, 0.3) is 5.91 Å². The molecule has 0 atom stereocenters. The second kappa shape index (κ2) is 8.22. The Bertz CT molecular complexity index is 1010. The van der Waals surface area contributed by atoms with E-state index in [0.717, 1.165) is 53.7 Å². The topological polar surface area (TPSA) is 89.7 Å². The number of hydrogen-bond donors (Lipinski definition) is 1. The van der Waals surface area contributed by atoms with Gasteiger partial charge in [0.1, 0.15) is 17.3 Å². The summed E-state index contributed by atoms with van der Waals surface area (Å²) in [6.45, 7) is 4.21. The molecule has 9 heteroatoms. The molecule has 0 aliphatic carbocycles. The molecule has 29 heavy (non-hydrogen) atoms. The fraction of sp³-hybridized carbons (Fsp3) is 0.350. The van der Waals surface area contributed by atoms with Gasteiger partial charge in [-0.1, -0.05) is 5.16 Å². The molecule has 0 radical (unpaired) electrons. The van der Waals surface area contributed by atoms with Gasteiger partial charge in [0.05, 0.1) is 19.9 Å². The third-order valence-corrected chi connectivity index (χ3v) is 5.71. The molecule has 0 unspecified atom stereocenters. The number of aromatic nitrogens is 2. The summed E-state index contributed by atoms with van der Waals surface area (Å²) < 4.78 is 15.7. The standard InChI is InChI=1S/C20H22N4O4S/c1-12-6-17(23-28-12)19(25)22-20-21-16-4-5-24(11-18(16)29-20)10-13-7-14(26-2)9-15(8-13)27-3/h6-9H,4-5,10-11H2,1-3H3,(H,21,22,25). The molecule has 1 N–H and O–H groups in total. The SMILES string of the molecule is COc1cc(CN2CCc3nc(NC(=O)c4cc(C)on4)sc3C2)cc(OC)c1. The van der Waals surface area contributed by atoms with E-state index in [2.05, 4.69) is 20.4 Å². The van der Waals surface area contributed by atoms with Crippen molar-refractivity contribution in [3.8, 4) is 11.5 Å². The first-order chi connectivity index (χ1) is 14.0. The fourth-order valence-electron chi connectivity index (χ4n) is 3.29. The molecule has 0 bridgehead atoms. The number of carbonyl (C=O) groups excluding carboxylic acids is 1. The molecule has 0 fully saturated rings. The van der Waals surface area contributed by atoms with E-state index in [4.69, 9.17) is 14.0 Å². The summed E-state index contributed by atoms with van der Waals surface area (Å²) in [6.07, 6.45) is 0.839. The minimum Gasteiger partial charge on any atom is -0.497 e. The minimum absolute atomic E-state index is 0.254. The molecule has 1 aliphatic heterocycles. The average Bonchev–Trinajstić information content (AvgIpc) is 3.32. The van der Waals surface area contributed by atoms with Gasteiger partial charge < -0.3 is 14.0 Å². The lowest BCUT2D eigenvalue weighted by Gasteiger charge is -2.26. The number of thiazole rings is 1. The summed E-state index contributed by atoms with van der Waals surface area (Å²) in [5.74, 6) is 1.84. The summed E-state index contributed by atoms with van der Waals surface area (Å²) >= 11 is 1.50. The Labute approximate surface area is 172 Å². The summed E-state index contributed by atoms with van der Waals surface area (Å²) in [5, 5.41) is 7.15. The van der Waals surface area contributed by atoms with Crippen LogP contribution in [-0.2, 0) is 19.5 Å². The molecule has 1 amide bonds. The highest BCUT2D eigenvalue weighted by molar-refractivity contribution is 7.15. The molecule has 2 aromatic heterocycles. The smallest absolute Gasteiger partial charge is 0.279 e. The van der Waals surface area contributed by atoms with Crippen molar-refractivity contribution in [2.45, 2.75) is 26.4 Å². The van der Waals surface area contributed by atoms with Crippen LogP contribution in [-0.4, -0.2) is 41.7 Å². The number of aryl methyl sites for hydroxylation is 1. The lowest BCUT2D eigenvalue weighted by molar-refractivity contribution is 0.101. The summed E-state index contributed by atoms with van der Waals surface area (Å²) in [7, 11) is 3.30. The van der Waals surface area contributed by atoms with Crippen LogP contribution in [0.2, 0.25) is 0 Å². The van der Waals surface area contributed by atoms with Crippen LogP contribution in [0.1, 0.15) is 32.4 Å². The predicted molar refractivity (Wildman–Crippen MR) is 109 cm³/mol. The van der Waals surface area contributed by atoms with Crippen LogP contribution in [0.3, 0.4) is 0 Å². The molecular formula is C20H22N4O4S. The van der Waals surface area contributed by atoms with Gasteiger partial charge in [0.2, 0.25) is 0 Å². The molecule has 3 aromatic rings. The van der Waals surface area contributed by atoms with Crippen molar-refractivity contribution in [2.75, 3.05) is 26.1 Å². The van der Waals surface area contributed by atoms with Crippen LogP contribution in [0.5, 0.6) is 11.5 Å². The highest BCUT2D eigenvalue weighted by Gasteiger charge is 2.22. The van der Waals surface area contributed by atoms with Crippen molar-refractivity contribution in [3.05, 3.63) is 51.9 Å². The molecule has 1 aliphatic rings. The Hall–Kier alpha value is -2.91. The summed E-state index contributed by atoms with van der Waals surface area (Å²) in [4.78, 5) is 20.4. The van der Waals surface area contributed by atoms with E-state index in [1.807, 2.05) is 18.2 Å². The number of hydrogen-bond acceptors (Lipinski definition) is 8. The quantitative estimate of drug-likeness (QED) is 0.662.